The molecule has 1 saturated heterocycles. The summed E-state index contributed by atoms with van der Waals surface area (Å²) < 4.78 is 0. The summed E-state index contributed by atoms with van der Waals surface area (Å²) in [6, 6.07) is 0. The second-order valence-electron chi connectivity index (χ2n) is 2.87. The van der Waals surface area contributed by atoms with Gasteiger partial charge >= 0.3 is 0 Å². The van der Waals surface area contributed by atoms with Crippen molar-refractivity contribution in [3.05, 3.63) is 0 Å². The molecule has 1 aliphatic heterocycles. The first-order valence-electron chi connectivity index (χ1n) is 4.21. The van der Waals surface area contributed by atoms with E-state index in [0.29, 0.717) is 0 Å². The predicted octanol–water partition coefficient (Wildman–Crippen LogP) is 1.03. The van der Waals surface area contributed by atoms with E-state index in [-0.39, 0.29) is 0 Å². The van der Waals surface area contributed by atoms with Crippen LogP contribution < -0.4 is 5.32 Å². The van der Waals surface area contributed by atoms with E-state index in [4.69, 9.17) is 0 Å². The third-order valence-corrected chi connectivity index (χ3v) is 1.96. The molecule has 0 aromatic carbocycles. The number of nitrogens with one attached hydrogen (secondary N) is 1. The molecule has 0 saturated carbocycles. The minimum absolute atomic E-state index is 1.25. The van der Waals surface area contributed by atoms with Gasteiger partial charge < -0.3 is 5.32 Å². The molecule has 0 spiro atoms. The maximum absolute atomic E-state index is 3.43. The van der Waals surface area contributed by atoms with E-state index in [1.165, 1.54) is 52.3 Å². The van der Waals surface area contributed by atoms with E-state index < -0.39 is 0 Å². The Kier molecular flexibility index (Phi) is 3.86. The quantitative estimate of drug-likeness (QED) is 0.477. The molecule has 1 N–H and O–H groups in total. The van der Waals surface area contributed by atoms with Crippen LogP contribution in [0.15, 0.2) is 0 Å². The van der Waals surface area contributed by atoms with E-state index in [2.05, 4.69) is 5.32 Å². The maximum atomic E-state index is 3.43. The molecule has 0 amide bonds. The topological polar surface area (TPSA) is 12.0 Å². The van der Waals surface area contributed by atoms with Gasteiger partial charge in [0.05, 0.1) is 0 Å². The fourth-order valence-corrected chi connectivity index (χ4v) is 1.33. The molecule has 1 rings (SSSR count). The lowest BCUT2D eigenvalue weighted by Crippen LogP contribution is -2.15. The van der Waals surface area contributed by atoms with Gasteiger partial charge in [0, 0.05) is 0 Å². The molecule has 0 bridgehead atoms. The monoisotopic (exact) mass is 125 g/mol. The van der Waals surface area contributed by atoms with Crippen LogP contribution in [0.25, 0.3) is 0 Å². The summed E-state index contributed by atoms with van der Waals surface area (Å²) in [5.74, 6) is 0. The Labute approximate surface area is 58.5 Å². The van der Waals surface area contributed by atoms with E-state index in [1.807, 2.05) is 0 Å². The average Bonchev–Trinajstić information content (AvgIpc) is 2.00. The molecular formula is C7H16BN. The Balaban J connectivity index is 2.02. The molecule has 1 nitrogen and oxygen atoms in total. The van der Waals surface area contributed by atoms with Crippen LogP contribution in [-0.4, -0.2) is 20.4 Å². The molecule has 1 heterocycles. The Hall–Kier alpha value is 0.0249. The van der Waals surface area contributed by atoms with Crippen molar-refractivity contribution >= 4 is 7.28 Å². The second-order valence-corrected chi connectivity index (χ2v) is 2.87. The van der Waals surface area contributed by atoms with Crippen molar-refractivity contribution in [3.63, 3.8) is 0 Å². The summed E-state index contributed by atoms with van der Waals surface area (Å²) in [6.07, 6.45) is 7.11. The Morgan fingerprint density at radius 1 is 0.889 bits per heavy atom. The van der Waals surface area contributed by atoms with Crippen LogP contribution in [0.2, 0.25) is 12.6 Å². The summed E-state index contributed by atoms with van der Waals surface area (Å²) >= 11 is 0. The molecule has 52 valence electrons. The fraction of sp³-hybridized carbons (Fsp3) is 1.00. The van der Waals surface area contributed by atoms with Gasteiger partial charge in [-0.1, -0.05) is 19.1 Å². The van der Waals surface area contributed by atoms with Crippen LogP contribution >= 0.6 is 0 Å². The first-order valence-corrected chi connectivity index (χ1v) is 4.21. The van der Waals surface area contributed by atoms with Crippen LogP contribution in [-0.2, 0) is 0 Å². The summed E-state index contributed by atoms with van der Waals surface area (Å²) in [5.41, 5.74) is 0. The van der Waals surface area contributed by atoms with Crippen molar-refractivity contribution in [2.24, 2.45) is 0 Å². The molecule has 0 aromatic heterocycles. The Morgan fingerprint density at radius 2 is 1.67 bits per heavy atom. The molecule has 0 radical (unpaired) electrons. The van der Waals surface area contributed by atoms with Gasteiger partial charge in [0.25, 0.3) is 0 Å². The van der Waals surface area contributed by atoms with E-state index >= 15 is 0 Å². The van der Waals surface area contributed by atoms with Crippen LogP contribution in [0.3, 0.4) is 0 Å². The normalized spacial score (nSPS) is 23.1. The highest BCUT2D eigenvalue weighted by molar-refractivity contribution is 6.35. The van der Waals surface area contributed by atoms with Gasteiger partial charge in [-0.05, 0) is 25.9 Å². The lowest BCUT2D eigenvalue weighted by atomic mass is 9.69. The zero-order valence-corrected chi connectivity index (χ0v) is 6.16. The Bertz CT molecular complexity index is 37.4. The van der Waals surface area contributed by atoms with E-state index in [1.54, 1.807) is 0 Å². The summed E-state index contributed by atoms with van der Waals surface area (Å²) in [6.45, 7) is 2.50. The summed E-state index contributed by atoms with van der Waals surface area (Å²) in [4.78, 5) is 0. The minimum Gasteiger partial charge on any atom is -0.317 e. The van der Waals surface area contributed by atoms with Crippen molar-refractivity contribution in [1.82, 2.24) is 5.32 Å². The van der Waals surface area contributed by atoms with E-state index in [9.17, 15) is 0 Å². The minimum atomic E-state index is 1.25. The van der Waals surface area contributed by atoms with Gasteiger partial charge in [0.1, 0.15) is 7.28 Å². The van der Waals surface area contributed by atoms with Gasteiger partial charge in [-0.15, -0.1) is 0 Å². The molecule has 0 aliphatic carbocycles. The van der Waals surface area contributed by atoms with Crippen molar-refractivity contribution in [2.45, 2.75) is 31.9 Å². The maximum Gasteiger partial charge on any atom is 0.120 e. The molecule has 1 aliphatic rings. The highest BCUT2D eigenvalue weighted by atomic mass is 14.8. The molecule has 0 aromatic rings. The van der Waals surface area contributed by atoms with Crippen molar-refractivity contribution < 1.29 is 0 Å². The first kappa shape index (κ1) is 7.14. The smallest absolute Gasteiger partial charge is 0.120 e. The van der Waals surface area contributed by atoms with Crippen LogP contribution in [0, 0.1) is 0 Å². The number of hydrogen-bond acceptors (Lipinski definition) is 1. The molecule has 9 heavy (non-hydrogen) atoms. The molecule has 1 fully saturated rings. The van der Waals surface area contributed by atoms with Crippen molar-refractivity contribution in [3.8, 4) is 0 Å². The average molecular weight is 125 g/mol. The van der Waals surface area contributed by atoms with Crippen LogP contribution in [0.4, 0.5) is 0 Å². The SMILES string of the molecule is B1CCCCNCCC1. The molecule has 2 heteroatoms. The third-order valence-electron chi connectivity index (χ3n) is 1.96. The predicted molar refractivity (Wildman–Crippen MR) is 43.5 cm³/mol. The zero-order valence-electron chi connectivity index (χ0n) is 6.16. The number of hydrogen-bond donors (Lipinski definition) is 1. The van der Waals surface area contributed by atoms with Gasteiger partial charge in [-0.2, -0.15) is 0 Å². The van der Waals surface area contributed by atoms with Gasteiger partial charge in [-0.25, -0.2) is 0 Å². The lowest BCUT2D eigenvalue weighted by molar-refractivity contribution is 0.641. The van der Waals surface area contributed by atoms with Crippen LogP contribution in [0.1, 0.15) is 19.3 Å². The number of rotatable bonds is 0. The standard InChI is InChI=1S/C7H16BN/c1-2-6-9-7-3-5-8-4-1/h8-9H,1-7H2. The summed E-state index contributed by atoms with van der Waals surface area (Å²) in [5, 5.41) is 3.43. The van der Waals surface area contributed by atoms with Gasteiger partial charge in [0.2, 0.25) is 0 Å². The lowest BCUT2D eigenvalue weighted by Gasteiger charge is -1.98. The third kappa shape index (κ3) is 3.58. The van der Waals surface area contributed by atoms with Gasteiger partial charge in [-0.3, -0.25) is 0 Å². The molecule has 0 unspecified atom stereocenters. The second kappa shape index (κ2) is 4.86. The van der Waals surface area contributed by atoms with Crippen molar-refractivity contribution in [2.75, 3.05) is 13.1 Å². The molecular weight excluding hydrogens is 109 g/mol. The van der Waals surface area contributed by atoms with Crippen molar-refractivity contribution in [1.29, 1.82) is 0 Å². The van der Waals surface area contributed by atoms with Crippen LogP contribution in [0.5, 0.6) is 0 Å². The van der Waals surface area contributed by atoms with Gasteiger partial charge in [0.15, 0.2) is 0 Å². The highest BCUT2D eigenvalue weighted by Gasteiger charge is 1.96. The molecule has 0 atom stereocenters. The largest absolute Gasteiger partial charge is 0.317 e. The van der Waals surface area contributed by atoms with E-state index in [0.717, 1.165) is 0 Å². The Morgan fingerprint density at radius 3 is 2.67 bits per heavy atom. The zero-order chi connectivity index (χ0) is 6.36. The highest BCUT2D eigenvalue weighted by Crippen LogP contribution is 2.00. The fourth-order valence-electron chi connectivity index (χ4n) is 1.33. The first-order chi connectivity index (χ1) is 4.50. The summed E-state index contributed by atoms with van der Waals surface area (Å²) in [7, 11) is 1.46.